The lowest BCUT2D eigenvalue weighted by molar-refractivity contribution is -0.131. The summed E-state index contributed by atoms with van der Waals surface area (Å²) in [6.45, 7) is 3.74. The second-order valence-corrected chi connectivity index (χ2v) is 9.29. The highest BCUT2D eigenvalue weighted by molar-refractivity contribution is 9.10. The van der Waals surface area contributed by atoms with Gasteiger partial charge in [0.25, 0.3) is 0 Å². The number of nitrogens with zero attached hydrogens (tertiary/aromatic N) is 3. The number of halogens is 1. The summed E-state index contributed by atoms with van der Waals surface area (Å²) in [5.74, 6) is 0.101. The molecule has 0 saturated carbocycles. The molecule has 2 heterocycles. The highest BCUT2D eigenvalue weighted by Gasteiger charge is 2.30. The van der Waals surface area contributed by atoms with Crippen LogP contribution in [0.5, 0.6) is 0 Å². The normalized spacial score (nSPS) is 16.1. The van der Waals surface area contributed by atoms with Gasteiger partial charge in [0.15, 0.2) is 0 Å². The lowest BCUT2D eigenvalue weighted by atomic mass is 9.97. The first-order chi connectivity index (χ1) is 15.6. The van der Waals surface area contributed by atoms with E-state index in [1.54, 1.807) is 13.3 Å². The number of imidazole rings is 1. The Morgan fingerprint density at radius 1 is 1.16 bits per heavy atom. The summed E-state index contributed by atoms with van der Waals surface area (Å²) in [6.07, 6.45) is 4.38. The second kappa shape index (κ2) is 8.79. The van der Waals surface area contributed by atoms with Crippen molar-refractivity contribution in [1.29, 1.82) is 0 Å². The molecule has 1 aromatic heterocycles. The van der Waals surface area contributed by atoms with Crippen LogP contribution < -0.4 is 4.90 Å². The fraction of sp³-hybridized carbons (Fsp3) is 0.231. The molecule has 0 bridgehead atoms. The molecule has 1 N–H and O–H groups in total. The molecule has 6 heteroatoms. The Morgan fingerprint density at radius 2 is 2.00 bits per heavy atom. The highest BCUT2D eigenvalue weighted by atomic mass is 79.9. The van der Waals surface area contributed by atoms with Crippen LogP contribution in [-0.2, 0) is 24.3 Å². The number of nitrogens with one attached hydrogen (secondary N) is 1. The molecular formula is C26H25BrN4O. The van der Waals surface area contributed by atoms with E-state index in [0.717, 1.165) is 34.4 Å². The largest absolute Gasteiger partial charge is 0.363 e. The maximum atomic E-state index is 12.8. The first kappa shape index (κ1) is 20.8. The van der Waals surface area contributed by atoms with Crippen LogP contribution >= 0.6 is 15.9 Å². The monoisotopic (exact) mass is 488 g/mol. The molecular weight excluding hydrogens is 464 g/mol. The van der Waals surface area contributed by atoms with Gasteiger partial charge in [-0.3, -0.25) is 4.79 Å². The number of H-pyrrole nitrogens is 1. The summed E-state index contributed by atoms with van der Waals surface area (Å²) in [4.78, 5) is 24.6. The van der Waals surface area contributed by atoms with Gasteiger partial charge in [-0.2, -0.15) is 0 Å². The minimum absolute atomic E-state index is 0.0485. The van der Waals surface area contributed by atoms with E-state index in [9.17, 15) is 4.79 Å². The molecule has 32 heavy (non-hydrogen) atoms. The molecule has 0 aliphatic carbocycles. The molecule has 3 aromatic carbocycles. The number of anilines is 1. The Kier molecular flexibility index (Phi) is 5.70. The number of fused-ring (bicyclic) bond motifs is 2. The Hall–Kier alpha value is -3.12. The fourth-order valence-electron chi connectivity index (χ4n) is 4.75. The van der Waals surface area contributed by atoms with Gasteiger partial charge in [-0.25, -0.2) is 4.98 Å². The topological polar surface area (TPSA) is 52.2 Å². The first-order valence-corrected chi connectivity index (χ1v) is 11.6. The SMILES string of the molecule is CC(=O)N1Cc2cc(Br)ccc2N(Cc2cnc[nH]2)CC1Cc1cccc2ccccc12. The third kappa shape index (κ3) is 4.15. The summed E-state index contributed by atoms with van der Waals surface area (Å²) >= 11 is 3.61. The first-order valence-electron chi connectivity index (χ1n) is 10.8. The lowest BCUT2D eigenvalue weighted by Crippen LogP contribution is -2.45. The van der Waals surface area contributed by atoms with Gasteiger partial charge in [0.2, 0.25) is 5.91 Å². The molecule has 0 fully saturated rings. The Balaban J connectivity index is 1.55. The molecule has 1 unspecified atom stereocenters. The number of aromatic amines is 1. The molecule has 1 atom stereocenters. The summed E-state index contributed by atoms with van der Waals surface area (Å²) in [5.41, 5.74) is 4.64. The highest BCUT2D eigenvalue weighted by Crippen LogP contribution is 2.32. The number of carbonyl (C=O) groups excluding carboxylic acids is 1. The quantitative estimate of drug-likeness (QED) is 0.423. The minimum atomic E-state index is 0.0485. The third-order valence-electron chi connectivity index (χ3n) is 6.25. The summed E-state index contributed by atoms with van der Waals surface area (Å²) in [5, 5.41) is 2.48. The van der Waals surface area contributed by atoms with Crippen molar-refractivity contribution >= 4 is 38.3 Å². The number of amides is 1. The molecule has 162 valence electrons. The molecule has 5 nitrogen and oxygen atoms in total. The molecule has 0 spiro atoms. The van der Waals surface area contributed by atoms with E-state index in [4.69, 9.17) is 0 Å². The van der Waals surface area contributed by atoms with Crippen LogP contribution in [0.4, 0.5) is 5.69 Å². The number of hydrogen-bond acceptors (Lipinski definition) is 3. The van der Waals surface area contributed by atoms with Gasteiger partial charge in [-0.05, 0) is 46.5 Å². The number of hydrogen-bond donors (Lipinski definition) is 1. The molecule has 0 saturated heterocycles. The van der Waals surface area contributed by atoms with Gasteiger partial charge >= 0.3 is 0 Å². The average molecular weight is 489 g/mol. The van der Waals surface area contributed by atoms with Gasteiger partial charge in [0, 0.05) is 36.4 Å². The van der Waals surface area contributed by atoms with E-state index in [-0.39, 0.29) is 11.9 Å². The molecule has 1 aliphatic rings. The van der Waals surface area contributed by atoms with Crippen molar-refractivity contribution < 1.29 is 4.79 Å². The zero-order chi connectivity index (χ0) is 22.1. The Labute approximate surface area is 196 Å². The van der Waals surface area contributed by atoms with Crippen LogP contribution in [-0.4, -0.2) is 33.4 Å². The van der Waals surface area contributed by atoms with Crippen molar-refractivity contribution in [3.05, 3.63) is 94.5 Å². The van der Waals surface area contributed by atoms with E-state index in [0.29, 0.717) is 13.1 Å². The zero-order valence-electron chi connectivity index (χ0n) is 18.0. The van der Waals surface area contributed by atoms with Gasteiger partial charge in [0.1, 0.15) is 0 Å². The maximum Gasteiger partial charge on any atom is 0.220 e. The number of carbonyl (C=O) groups is 1. The predicted octanol–water partition coefficient (Wildman–Crippen LogP) is 5.31. The number of rotatable bonds is 4. The smallest absolute Gasteiger partial charge is 0.220 e. The van der Waals surface area contributed by atoms with E-state index < -0.39 is 0 Å². The van der Waals surface area contributed by atoms with Crippen LogP contribution in [0.15, 0.2) is 77.7 Å². The maximum absolute atomic E-state index is 12.8. The summed E-state index contributed by atoms with van der Waals surface area (Å²) in [7, 11) is 0. The van der Waals surface area contributed by atoms with Gasteiger partial charge < -0.3 is 14.8 Å². The Morgan fingerprint density at radius 3 is 2.81 bits per heavy atom. The van der Waals surface area contributed by atoms with Crippen molar-refractivity contribution in [3.63, 3.8) is 0 Å². The second-order valence-electron chi connectivity index (χ2n) is 8.37. The minimum Gasteiger partial charge on any atom is -0.363 e. The molecule has 5 rings (SSSR count). The molecule has 0 radical (unpaired) electrons. The van der Waals surface area contributed by atoms with Crippen molar-refractivity contribution in [3.8, 4) is 0 Å². The molecule has 4 aromatic rings. The van der Waals surface area contributed by atoms with E-state index in [2.05, 4.69) is 91.5 Å². The van der Waals surface area contributed by atoms with Gasteiger partial charge in [0.05, 0.1) is 24.6 Å². The average Bonchev–Trinajstić information content (AvgIpc) is 3.24. The van der Waals surface area contributed by atoms with Crippen LogP contribution in [0.1, 0.15) is 23.7 Å². The van der Waals surface area contributed by atoms with Gasteiger partial charge in [-0.15, -0.1) is 0 Å². The lowest BCUT2D eigenvalue weighted by Gasteiger charge is -2.32. The van der Waals surface area contributed by atoms with Crippen LogP contribution in [0.2, 0.25) is 0 Å². The molecule has 1 aliphatic heterocycles. The number of aromatic nitrogens is 2. The van der Waals surface area contributed by atoms with Crippen LogP contribution in [0.25, 0.3) is 10.8 Å². The van der Waals surface area contributed by atoms with Crippen LogP contribution in [0.3, 0.4) is 0 Å². The van der Waals surface area contributed by atoms with Crippen molar-refractivity contribution in [2.75, 3.05) is 11.4 Å². The molecule has 1 amide bonds. The van der Waals surface area contributed by atoms with E-state index >= 15 is 0 Å². The van der Waals surface area contributed by atoms with Crippen molar-refractivity contribution in [2.24, 2.45) is 0 Å². The van der Waals surface area contributed by atoms with Crippen LogP contribution in [0, 0.1) is 0 Å². The number of benzene rings is 3. The summed E-state index contributed by atoms with van der Waals surface area (Å²) in [6, 6.07) is 21.3. The Bertz CT molecular complexity index is 1250. The standard InChI is InChI=1S/C26H25BrN4O/c1-18(32)31-14-21-11-22(27)9-10-26(21)30(15-23-13-28-17-29-23)16-24(31)12-20-7-4-6-19-5-2-3-8-25(19)20/h2-11,13,17,24H,12,14-16H2,1H3,(H,28,29). The van der Waals surface area contributed by atoms with Crippen molar-refractivity contribution in [1.82, 2.24) is 14.9 Å². The third-order valence-corrected chi connectivity index (χ3v) is 6.74. The van der Waals surface area contributed by atoms with Gasteiger partial charge in [-0.1, -0.05) is 58.4 Å². The van der Waals surface area contributed by atoms with E-state index in [1.807, 2.05) is 11.1 Å². The van der Waals surface area contributed by atoms with E-state index in [1.165, 1.54) is 16.3 Å². The zero-order valence-corrected chi connectivity index (χ0v) is 19.5. The fourth-order valence-corrected chi connectivity index (χ4v) is 5.16. The van der Waals surface area contributed by atoms with Crippen molar-refractivity contribution in [2.45, 2.75) is 32.5 Å². The summed E-state index contributed by atoms with van der Waals surface area (Å²) < 4.78 is 1.02. The predicted molar refractivity (Wildman–Crippen MR) is 131 cm³/mol.